The molecule has 0 aromatic heterocycles. The summed E-state index contributed by atoms with van der Waals surface area (Å²) in [6.45, 7) is 2.44. The van der Waals surface area contributed by atoms with Crippen molar-refractivity contribution in [3.05, 3.63) is 29.8 Å². The maximum atomic E-state index is 12.4. The zero-order chi connectivity index (χ0) is 15.4. The molecule has 5 nitrogen and oxygen atoms in total. The van der Waals surface area contributed by atoms with Crippen molar-refractivity contribution in [2.24, 2.45) is 5.92 Å². The topological polar surface area (TPSA) is 66.8 Å². The van der Waals surface area contributed by atoms with Gasteiger partial charge in [0.25, 0.3) is 0 Å². The average Bonchev–Trinajstić information content (AvgIpc) is 2.47. The van der Waals surface area contributed by atoms with Crippen LogP contribution < -0.4 is 4.74 Å². The van der Waals surface area contributed by atoms with Crippen LogP contribution in [0.15, 0.2) is 24.3 Å². The van der Waals surface area contributed by atoms with Gasteiger partial charge < -0.3 is 14.7 Å². The molecule has 0 bridgehead atoms. The van der Waals surface area contributed by atoms with Gasteiger partial charge in [0.1, 0.15) is 5.75 Å². The van der Waals surface area contributed by atoms with E-state index in [9.17, 15) is 9.59 Å². The van der Waals surface area contributed by atoms with Gasteiger partial charge in [0, 0.05) is 12.6 Å². The molecule has 5 heteroatoms. The number of ether oxygens (including phenoxy) is 1. The highest BCUT2D eigenvalue weighted by Crippen LogP contribution is 2.24. The second kappa shape index (κ2) is 6.61. The molecule has 1 heterocycles. The summed E-state index contributed by atoms with van der Waals surface area (Å²) in [5.74, 6) is -0.271. The summed E-state index contributed by atoms with van der Waals surface area (Å²) in [6, 6.07) is 7.41. The van der Waals surface area contributed by atoms with Crippen molar-refractivity contribution in [3.63, 3.8) is 0 Å². The molecule has 1 fully saturated rings. The zero-order valence-electron chi connectivity index (χ0n) is 12.4. The molecule has 2 unspecified atom stereocenters. The first-order valence-corrected chi connectivity index (χ1v) is 7.16. The Morgan fingerprint density at radius 2 is 2.00 bits per heavy atom. The van der Waals surface area contributed by atoms with Crippen molar-refractivity contribution >= 4 is 11.9 Å². The molecular formula is C16H21NO4. The Morgan fingerprint density at radius 3 is 2.52 bits per heavy atom. The van der Waals surface area contributed by atoms with Crippen LogP contribution in [0.3, 0.4) is 0 Å². The second-order valence-corrected chi connectivity index (χ2v) is 5.52. The second-order valence-electron chi connectivity index (χ2n) is 5.52. The van der Waals surface area contributed by atoms with E-state index in [1.165, 1.54) is 0 Å². The normalized spacial score (nSPS) is 21.9. The Labute approximate surface area is 124 Å². The van der Waals surface area contributed by atoms with Crippen molar-refractivity contribution in [1.82, 2.24) is 4.90 Å². The number of benzene rings is 1. The van der Waals surface area contributed by atoms with Crippen LogP contribution in [0.1, 0.15) is 25.3 Å². The lowest BCUT2D eigenvalue weighted by Crippen LogP contribution is -2.46. The summed E-state index contributed by atoms with van der Waals surface area (Å²) in [7, 11) is 1.61. The lowest BCUT2D eigenvalue weighted by Gasteiger charge is -2.36. The number of methoxy groups -OCH3 is 1. The molecule has 0 radical (unpaired) electrons. The fourth-order valence-corrected chi connectivity index (χ4v) is 2.79. The predicted octanol–water partition coefficient (Wildman–Crippen LogP) is 1.95. The summed E-state index contributed by atoms with van der Waals surface area (Å²) >= 11 is 0. The van der Waals surface area contributed by atoms with Gasteiger partial charge in [0.15, 0.2) is 0 Å². The fraction of sp³-hybridized carbons (Fsp3) is 0.500. The van der Waals surface area contributed by atoms with E-state index in [0.717, 1.165) is 11.3 Å². The van der Waals surface area contributed by atoms with Crippen molar-refractivity contribution in [2.75, 3.05) is 13.7 Å². The summed E-state index contributed by atoms with van der Waals surface area (Å²) in [6.07, 6.45) is 1.41. The Hall–Kier alpha value is -2.04. The molecule has 0 spiro atoms. The molecule has 1 amide bonds. The highest BCUT2D eigenvalue weighted by Gasteiger charge is 2.31. The number of carboxylic acids is 1. The minimum atomic E-state index is -0.760. The molecule has 21 heavy (non-hydrogen) atoms. The lowest BCUT2D eigenvalue weighted by molar-refractivity contribution is -0.147. The first-order chi connectivity index (χ1) is 10.0. The zero-order valence-corrected chi connectivity index (χ0v) is 12.4. The third-order valence-electron chi connectivity index (χ3n) is 4.06. The molecule has 0 saturated carbocycles. The van der Waals surface area contributed by atoms with E-state index in [1.54, 1.807) is 12.0 Å². The fourth-order valence-electron chi connectivity index (χ4n) is 2.79. The van der Waals surface area contributed by atoms with Crippen molar-refractivity contribution in [2.45, 2.75) is 32.2 Å². The van der Waals surface area contributed by atoms with Gasteiger partial charge in [-0.15, -0.1) is 0 Å². The standard InChI is InChI=1S/C16H21NO4/c1-11-9-13(16(19)20)7-8-17(11)15(18)10-12-3-5-14(21-2)6-4-12/h3-6,11,13H,7-10H2,1-2H3,(H,19,20). The largest absolute Gasteiger partial charge is 0.497 e. The van der Waals surface area contributed by atoms with E-state index in [2.05, 4.69) is 0 Å². The number of carbonyl (C=O) groups is 2. The van der Waals surface area contributed by atoms with Crippen LogP contribution >= 0.6 is 0 Å². The molecular weight excluding hydrogens is 270 g/mol. The van der Waals surface area contributed by atoms with Gasteiger partial charge in [-0.25, -0.2) is 0 Å². The molecule has 2 rings (SSSR count). The van der Waals surface area contributed by atoms with Crippen LogP contribution in [0, 0.1) is 5.92 Å². The number of hydrogen-bond acceptors (Lipinski definition) is 3. The highest BCUT2D eigenvalue weighted by atomic mass is 16.5. The van der Waals surface area contributed by atoms with Gasteiger partial charge >= 0.3 is 5.97 Å². The van der Waals surface area contributed by atoms with Crippen LogP contribution in [0.4, 0.5) is 0 Å². The van der Waals surface area contributed by atoms with Crippen LogP contribution in [0.25, 0.3) is 0 Å². The van der Waals surface area contributed by atoms with Gasteiger partial charge in [-0.2, -0.15) is 0 Å². The molecule has 1 aromatic rings. The number of likely N-dealkylation sites (tertiary alicyclic amines) is 1. The Kier molecular flexibility index (Phi) is 4.83. The minimum Gasteiger partial charge on any atom is -0.497 e. The van der Waals surface area contributed by atoms with Crippen molar-refractivity contribution in [1.29, 1.82) is 0 Å². The Bertz CT molecular complexity index is 512. The van der Waals surface area contributed by atoms with Crippen LogP contribution in [0.5, 0.6) is 5.75 Å². The van der Waals surface area contributed by atoms with E-state index in [0.29, 0.717) is 25.8 Å². The van der Waals surface area contributed by atoms with Crippen LogP contribution in [-0.2, 0) is 16.0 Å². The first kappa shape index (κ1) is 15.4. The van der Waals surface area contributed by atoms with Crippen molar-refractivity contribution < 1.29 is 19.4 Å². The average molecular weight is 291 g/mol. The summed E-state index contributed by atoms with van der Waals surface area (Å²) in [5, 5.41) is 9.05. The van der Waals surface area contributed by atoms with E-state index in [1.807, 2.05) is 31.2 Å². The van der Waals surface area contributed by atoms with Gasteiger partial charge in [-0.05, 0) is 37.5 Å². The smallest absolute Gasteiger partial charge is 0.306 e. The molecule has 2 atom stereocenters. The molecule has 1 aliphatic rings. The maximum Gasteiger partial charge on any atom is 0.306 e. The van der Waals surface area contributed by atoms with Gasteiger partial charge in [0.2, 0.25) is 5.91 Å². The van der Waals surface area contributed by atoms with Crippen molar-refractivity contribution in [3.8, 4) is 5.75 Å². The van der Waals surface area contributed by atoms with E-state index in [4.69, 9.17) is 9.84 Å². The highest BCUT2D eigenvalue weighted by molar-refractivity contribution is 5.79. The van der Waals surface area contributed by atoms with Gasteiger partial charge in [-0.1, -0.05) is 12.1 Å². The quantitative estimate of drug-likeness (QED) is 0.920. The van der Waals surface area contributed by atoms with Gasteiger partial charge in [0.05, 0.1) is 19.4 Å². The van der Waals surface area contributed by atoms with Crippen LogP contribution in [-0.4, -0.2) is 41.6 Å². The van der Waals surface area contributed by atoms with Gasteiger partial charge in [-0.3, -0.25) is 9.59 Å². The number of amides is 1. The summed E-state index contributed by atoms with van der Waals surface area (Å²) in [5.41, 5.74) is 0.938. The molecule has 114 valence electrons. The number of piperidine rings is 1. The SMILES string of the molecule is COc1ccc(CC(=O)N2CCC(C(=O)O)CC2C)cc1. The number of carboxylic acid groups (broad SMARTS) is 1. The maximum absolute atomic E-state index is 12.4. The number of rotatable bonds is 4. The number of carbonyl (C=O) groups excluding carboxylic acids is 1. The summed E-state index contributed by atoms with van der Waals surface area (Å²) in [4.78, 5) is 25.2. The summed E-state index contributed by atoms with van der Waals surface area (Å²) < 4.78 is 5.09. The third-order valence-corrected chi connectivity index (χ3v) is 4.06. The van der Waals surface area contributed by atoms with E-state index in [-0.39, 0.29) is 17.9 Å². The predicted molar refractivity (Wildman–Crippen MR) is 78.2 cm³/mol. The minimum absolute atomic E-state index is 0.0226. The number of hydrogen-bond donors (Lipinski definition) is 1. The number of nitrogens with zero attached hydrogens (tertiary/aromatic N) is 1. The van der Waals surface area contributed by atoms with E-state index >= 15 is 0 Å². The number of aliphatic carboxylic acids is 1. The molecule has 0 aliphatic carbocycles. The first-order valence-electron chi connectivity index (χ1n) is 7.16. The Balaban J connectivity index is 1.95. The Morgan fingerprint density at radius 1 is 1.33 bits per heavy atom. The molecule has 1 aromatic carbocycles. The third kappa shape index (κ3) is 3.74. The molecule has 1 aliphatic heterocycles. The molecule has 1 N–H and O–H groups in total. The van der Waals surface area contributed by atoms with Crippen LogP contribution in [0.2, 0.25) is 0 Å². The monoisotopic (exact) mass is 291 g/mol. The van der Waals surface area contributed by atoms with E-state index < -0.39 is 5.97 Å². The lowest BCUT2D eigenvalue weighted by atomic mass is 9.91. The molecule has 1 saturated heterocycles.